The Hall–Kier alpha value is -2.21. The predicted molar refractivity (Wildman–Crippen MR) is 79.6 cm³/mol. The summed E-state index contributed by atoms with van der Waals surface area (Å²) in [5, 5.41) is 13.4. The van der Waals surface area contributed by atoms with Crippen LogP contribution in [0.15, 0.2) is 53.0 Å². The second-order valence-electron chi connectivity index (χ2n) is 4.13. The molecule has 2 aromatic carbocycles. The first-order valence-corrected chi connectivity index (χ1v) is 6.63. The molecule has 0 unspecified atom stereocenters. The van der Waals surface area contributed by atoms with E-state index in [2.05, 4.69) is 21.2 Å². The van der Waals surface area contributed by atoms with Crippen molar-refractivity contribution in [2.45, 2.75) is 6.42 Å². The molecule has 2 aromatic rings. The Labute approximate surface area is 123 Å². The van der Waals surface area contributed by atoms with Gasteiger partial charge in [0.25, 0.3) is 5.69 Å². The summed E-state index contributed by atoms with van der Waals surface area (Å²) in [7, 11) is 0. The lowest BCUT2D eigenvalue weighted by atomic mass is 10.1. The fourth-order valence-electron chi connectivity index (χ4n) is 1.70. The van der Waals surface area contributed by atoms with Gasteiger partial charge in [0.1, 0.15) is 0 Å². The summed E-state index contributed by atoms with van der Waals surface area (Å²) in [4.78, 5) is 22.1. The van der Waals surface area contributed by atoms with Gasteiger partial charge in [-0.15, -0.1) is 0 Å². The lowest BCUT2D eigenvalue weighted by molar-refractivity contribution is -0.384. The minimum atomic E-state index is -0.501. The average Bonchev–Trinajstić information content (AvgIpc) is 2.42. The fourth-order valence-corrected chi connectivity index (χ4v) is 2.04. The second kappa shape index (κ2) is 6.29. The van der Waals surface area contributed by atoms with Gasteiger partial charge in [0.05, 0.1) is 17.0 Å². The molecule has 0 saturated carbocycles. The molecule has 5 nitrogen and oxygen atoms in total. The summed E-state index contributed by atoms with van der Waals surface area (Å²) < 4.78 is 0.601. The van der Waals surface area contributed by atoms with Crippen LogP contribution in [0.4, 0.5) is 11.4 Å². The maximum atomic E-state index is 11.9. The van der Waals surface area contributed by atoms with Crippen LogP contribution in [0.2, 0.25) is 0 Å². The average molecular weight is 335 g/mol. The zero-order valence-corrected chi connectivity index (χ0v) is 12.0. The Bertz CT molecular complexity index is 644. The Morgan fingerprint density at radius 2 is 1.90 bits per heavy atom. The molecule has 0 fully saturated rings. The van der Waals surface area contributed by atoms with Crippen LogP contribution in [0.5, 0.6) is 0 Å². The summed E-state index contributed by atoms with van der Waals surface area (Å²) in [5.74, 6) is -0.225. The summed E-state index contributed by atoms with van der Waals surface area (Å²) in [6.07, 6.45) is 0.218. The van der Waals surface area contributed by atoms with Crippen LogP contribution < -0.4 is 5.32 Å². The highest BCUT2D eigenvalue weighted by molar-refractivity contribution is 9.10. The number of benzene rings is 2. The Morgan fingerprint density at radius 1 is 1.20 bits per heavy atom. The zero-order chi connectivity index (χ0) is 14.5. The summed E-state index contributed by atoms with van der Waals surface area (Å²) in [5.41, 5.74) is 1.20. The van der Waals surface area contributed by atoms with E-state index >= 15 is 0 Å². The molecule has 20 heavy (non-hydrogen) atoms. The van der Waals surface area contributed by atoms with E-state index in [1.807, 2.05) is 30.3 Å². The van der Waals surface area contributed by atoms with Crippen molar-refractivity contribution in [2.75, 3.05) is 5.32 Å². The Kier molecular flexibility index (Phi) is 4.47. The van der Waals surface area contributed by atoms with E-state index in [-0.39, 0.29) is 18.0 Å². The van der Waals surface area contributed by atoms with E-state index in [4.69, 9.17) is 0 Å². The third-order valence-electron chi connectivity index (χ3n) is 2.64. The molecule has 0 atom stereocenters. The summed E-state index contributed by atoms with van der Waals surface area (Å²) in [6, 6.07) is 13.5. The molecule has 0 aliphatic heterocycles. The topological polar surface area (TPSA) is 72.2 Å². The molecule has 0 heterocycles. The summed E-state index contributed by atoms with van der Waals surface area (Å²) in [6.45, 7) is 0. The van der Waals surface area contributed by atoms with E-state index in [1.165, 1.54) is 18.2 Å². The molecule has 6 heteroatoms. The van der Waals surface area contributed by atoms with Crippen LogP contribution in [-0.4, -0.2) is 10.8 Å². The maximum absolute atomic E-state index is 11.9. The van der Waals surface area contributed by atoms with Gasteiger partial charge in [0, 0.05) is 16.6 Å². The number of nitrogens with one attached hydrogen (secondary N) is 1. The quantitative estimate of drug-likeness (QED) is 0.686. The van der Waals surface area contributed by atoms with Crippen LogP contribution in [0.25, 0.3) is 0 Å². The molecule has 0 aromatic heterocycles. The van der Waals surface area contributed by atoms with E-state index in [0.29, 0.717) is 10.2 Å². The number of halogens is 1. The number of nitro groups is 1. The highest BCUT2D eigenvalue weighted by atomic mass is 79.9. The highest BCUT2D eigenvalue weighted by Gasteiger charge is 2.12. The van der Waals surface area contributed by atoms with Crippen molar-refractivity contribution in [2.24, 2.45) is 0 Å². The largest absolute Gasteiger partial charge is 0.325 e. The van der Waals surface area contributed by atoms with E-state index in [1.54, 1.807) is 0 Å². The normalized spacial score (nSPS) is 10.1. The van der Waals surface area contributed by atoms with Crippen molar-refractivity contribution >= 4 is 33.2 Å². The molecule has 2 rings (SSSR count). The van der Waals surface area contributed by atoms with Gasteiger partial charge in [0.2, 0.25) is 5.91 Å². The maximum Gasteiger partial charge on any atom is 0.271 e. The van der Waals surface area contributed by atoms with Crippen molar-refractivity contribution < 1.29 is 9.72 Å². The fraction of sp³-hybridized carbons (Fsp3) is 0.0714. The van der Waals surface area contributed by atoms with Crippen molar-refractivity contribution in [3.63, 3.8) is 0 Å². The Balaban J connectivity index is 2.11. The van der Waals surface area contributed by atoms with Crippen molar-refractivity contribution in [3.8, 4) is 0 Å². The van der Waals surface area contributed by atoms with Gasteiger partial charge in [-0.3, -0.25) is 14.9 Å². The third kappa shape index (κ3) is 3.64. The molecule has 0 aliphatic rings. The van der Waals surface area contributed by atoms with Gasteiger partial charge in [-0.05, 0) is 27.6 Å². The molecule has 0 radical (unpaired) electrons. The molecular formula is C14H11BrN2O3. The van der Waals surface area contributed by atoms with Gasteiger partial charge in [-0.2, -0.15) is 0 Å². The number of anilines is 1. The standard InChI is InChI=1S/C14H11BrN2O3/c15-12-7-6-11(17(19)20)9-13(12)16-14(18)8-10-4-2-1-3-5-10/h1-7,9H,8H2,(H,16,18). The molecule has 1 N–H and O–H groups in total. The minimum absolute atomic E-state index is 0.0665. The zero-order valence-electron chi connectivity index (χ0n) is 10.4. The van der Waals surface area contributed by atoms with Crippen molar-refractivity contribution in [3.05, 3.63) is 68.7 Å². The number of rotatable bonds is 4. The number of nitro benzene ring substituents is 1. The van der Waals surface area contributed by atoms with E-state index in [9.17, 15) is 14.9 Å². The van der Waals surface area contributed by atoms with E-state index in [0.717, 1.165) is 5.56 Å². The predicted octanol–water partition coefficient (Wildman–Crippen LogP) is 3.54. The number of hydrogen-bond donors (Lipinski definition) is 1. The lowest BCUT2D eigenvalue weighted by Gasteiger charge is -2.07. The number of hydrogen-bond acceptors (Lipinski definition) is 3. The monoisotopic (exact) mass is 334 g/mol. The first kappa shape index (κ1) is 14.2. The van der Waals surface area contributed by atoms with Gasteiger partial charge >= 0.3 is 0 Å². The van der Waals surface area contributed by atoms with E-state index < -0.39 is 4.92 Å². The highest BCUT2D eigenvalue weighted by Crippen LogP contribution is 2.27. The number of carbonyl (C=O) groups is 1. The first-order chi connectivity index (χ1) is 9.56. The molecular weight excluding hydrogens is 324 g/mol. The lowest BCUT2D eigenvalue weighted by Crippen LogP contribution is -2.14. The second-order valence-corrected chi connectivity index (χ2v) is 4.99. The SMILES string of the molecule is O=C(Cc1ccccc1)Nc1cc([N+](=O)[O-])ccc1Br. The molecule has 1 amide bonds. The third-order valence-corrected chi connectivity index (χ3v) is 3.33. The van der Waals surface area contributed by atoms with Crippen LogP contribution in [0.3, 0.4) is 0 Å². The molecule has 0 spiro atoms. The number of amides is 1. The number of non-ortho nitro benzene ring substituents is 1. The van der Waals surface area contributed by atoms with Crippen molar-refractivity contribution in [1.82, 2.24) is 0 Å². The minimum Gasteiger partial charge on any atom is -0.325 e. The first-order valence-electron chi connectivity index (χ1n) is 5.84. The van der Waals surface area contributed by atoms with Crippen LogP contribution in [-0.2, 0) is 11.2 Å². The van der Waals surface area contributed by atoms with Crippen LogP contribution >= 0.6 is 15.9 Å². The van der Waals surface area contributed by atoms with Gasteiger partial charge in [-0.1, -0.05) is 30.3 Å². The van der Waals surface area contributed by atoms with Gasteiger partial charge in [-0.25, -0.2) is 0 Å². The number of carbonyl (C=O) groups excluding carboxylic acids is 1. The van der Waals surface area contributed by atoms with Crippen LogP contribution in [0, 0.1) is 10.1 Å². The molecule has 0 saturated heterocycles. The molecule has 102 valence electrons. The van der Waals surface area contributed by atoms with Crippen LogP contribution in [0.1, 0.15) is 5.56 Å². The van der Waals surface area contributed by atoms with Crippen molar-refractivity contribution in [1.29, 1.82) is 0 Å². The van der Waals surface area contributed by atoms with Gasteiger partial charge < -0.3 is 5.32 Å². The Morgan fingerprint density at radius 3 is 2.55 bits per heavy atom. The molecule has 0 aliphatic carbocycles. The van der Waals surface area contributed by atoms with Gasteiger partial charge in [0.15, 0.2) is 0 Å². The number of nitrogens with zero attached hydrogens (tertiary/aromatic N) is 1. The summed E-state index contributed by atoms with van der Waals surface area (Å²) >= 11 is 3.26. The smallest absolute Gasteiger partial charge is 0.271 e. The molecule has 0 bridgehead atoms.